The van der Waals surface area contributed by atoms with E-state index in [1.165, 1.54) is 0 Å². The summed E-state index contributed by atoms with van der Waals surface area (Å²) in [6, 6.07) is 3.70. The second kappa shape index (κ2) is 4.66. The van der Waals surface area contributed by atoms with Crippen LogP contribution < -0.4 is 15.2 Å². The minimum atomic E-state index is -0.0378. The van der Waals surface area contributed by atoms with Gasteiger partial charge in [-0.2, -0.15) is 0 Å². The van der Waals surface area contributed by atoms with Crippen molar-refractivity contribution in [1.29, 1.82) is 0 Å². The van der Waals surface area contributed by atoms with Crippen molar-refractivity contribution in [3.8, 4) is 11.5 Å². The summed E-state index contributed by atoms with van der Waals surface area (Å²) in [5.41, 5.74) is 6.81. The van der Waals surface area contributed by atoms with Crippen molar-refractivity contribution in [2.75, 3.05) is 14.2 Å². The molecule has 1 unspecified atom stereocenters. The monoisotopic (exact) mass is 259 g/mol. The number of rotatable bonds is 3. The average molecular weight is 260 g/mol. The maximum absolute atomic E-state index is 5.80. The first-order valence-corrected chi connectivity index (χ1v) is 5.06. The second-order valence-electron chi connectivity index (χ2n) is 3.02. The molecule has 0 aliphatic rings. The Bertz CT molecular complexity index is 326. The van der Waals surface area contributed by atoms with Crippen molar-refractivity contribution in [2.45, 2.75) is 13.0 Å². The van der Waals surface area contributed by atoms with Gasteiger partial charge < -0.3 is 15.2 Å². The van der Waals surface area contributed by atoms with E-state index < -0.39 is 0 Å². The minimum Gasteiger partial charge on any atom is -0.493 e. The predicted octanol–water partition coefficient (Wildman–Crippen LogP) is 2.49. The van der Waals surface area contributed by atoms with E-state index in [-0.39, 0.29) is 6.04 Å². The largest absolute Gasteiger partial charge is 0.493 e. The van der Waals surface area contributed by atoms with Gasteiger partial charge in [-0.25, -0.2) is 0 Å². The van der Waals surface area contributed by atoms with Crippen LogP contribution in [0.1, 0.15) is 18.5 Å². The van der Waals surface area contributed by atoms with Gasteiger partial charge in [-0.1, -0.05) is 15.9 Å². The lowest BCUT2D eigenvalue weighted by molar-refractivity contribution is 0.354. The lowest BCUT2D eigenvalue weighted by atomic mass is 10.1. The molecular formula is C10H14BrNO2. The van der Waals surface area contributed by atoms with Crippen LogP contribution in [0.4, 0.5) is 0 Å². The molecule has 1 aromatic carbocycles. The molecule has 0 saturated carbocycles. The van der Waals surface area contributed by atoms with Gasteiger partial charge in [-0.05, 0) is 24.6 Å². The van der Waals surface area contributed by atoms with Crippen LogP contribution in [0.5, 0.6) is 11.5 Å². The summed E-state index contributed by atoms with van der Waals surface area (Å²) < 4.78 is 11.3. The van der Waals surface area contributed by atoms with Crippen molar-refractivity contribution < 1.29 is 9.47 Å². The lowest BCUT2D eigenvalue weighted by Gasteiger charge is -2.13. The van der Waals surface area contributed by atoms with E-state index in [4.69, 9.17) is 15.2 Å². The summed E-state index contributed by atoms with van der Waals surface area (Å²) in [7, 11) is 3.21. The zero-order valence-electron chi connectivity index (χ0n) is 8.50. The van der Waals surface area contributed by atoms with Gasteiger partial charge in [0.25, 0.3) is 0 Å². The first-order valence-electron chi connectivity index (χ1n) is 4.27. The Morgan fingerprint density at radius 1 is 1.21 bits per heavy atom. The zero-order chi connectivity index (χ0) is 10.7. The van der Waals surface area contributed by atoms with E-state index in [1.54, 1.807) is 14.2 Å². The zero-order valence-corrected chi connectivity index (χ0v) is 10.1. The van der Waals surface area contributed by atoms with Crippen molar-refractivity contribution in [3.05, 3.63) is 22.2 Å². The molecule has 78 valence electrons. The normalized spacial score (nSPS) is 12.4. The summed E-state index contributed by atoms with van der Waals surface area (Å²) in [4.78, 5) is 0. The van der Waals surface area contributed by atoms with Crippen LogP contribution in [0.2, 0.25) is 0 Å². The molecule has 0 aliphatic heterocycles. The smallest absolute Gasteiger partial charge is 0.161 e. The highest BCUT2D eigenvalue weighted by atomic mass is 79.9. The molecule has 4 heteroatoms. The number of hydrogen-bond donors (Lipinski definition) is 1. The Kier molecular flexibility index (Phi) is 3.77. The van der Waals surface area contributed by atoms with Gasteiger partial charge in [-0.3, -0.25) is 0 Å². The fraction of sp³-hybridized carbons (Fsp3) is 0.400. The van der Waals surface area contributed by atoms with Gasteiger partial charge >= 0.3 is 0 Å². The Hall–Kier alpha value is -0.740. The molecule has 0 aromatic heterocycles. The van der Waals surface area contributed by atoms with E-state index in [9.17, 15) is 0 Å². The van der Waals surface area contributed by atoms with E-state index >= 15 is 0 Å². The highest BCUT2D eigenvalue weighted by molar-refractivity contribution is 9.10. The average Bonchev–Trinajstić information content (AvgIpc) is 2.16. The first kappa shape index (κ1) is 11.3. The summed E-state index contributed by atoms with van der Waals surface area (Å²) in [5.74, 6) is 1.40. The molecule has 0 amide bonds. The van der Waals surface area contributed by atoms with Crippen LogP contribution in [0.25, 0.3) is 0 Å². The van der Waals surface area contributed by atoms with Crippen LogP contribution >= 0.6 is 15.9 Å². The number of methoxy groups -OCH3 is 2. The minimum absolute atomic E-state index is 0.0378. The molecule has 1 rings (SSSR count). The molecule has 0 bridgehead atoms. The summed E-state index contributed by atoms with van der Waals surface area (Å²) in [6.07, 6.45) is 0. The predicted molar refractivity (Wildman–Crippen MR) is 59.8 cm³/mol. The van der Waals surface area contributed by atoms with Gasteiger partial charge in [-0.15, -0.1) is 0 Å². The number of halogens is 1. The number of ether oxygens (including phenoxy) is 2. The standard InChI is InChI=1S/C10H14BrNO2/c1-6(12)7-4-9(13-2)10(14-3)5-8(7)11/h4-6H,12H2,1-3H3. The maximum atomic E-state index is 5.80. The molecule has 0 spiro atoms. The molecule has 1 aromatic rings. The lowest BCUT2D eigenvalue weighted by Crippen LogP contribution is -2.06. The van der Waals surface area contributed by atoms with Gasteiger partial charge in [0.05, 0.1) is 14.2 Å². The van der Waals surface area contributed by atoms with Crippen molar-refractivity contribution >= 4 is 15.9 Å². The third kappa shape index (κ3) is 2.19. The Labute approximate surface area is 92.3 Å². The molecule has 0 heterocycles. The van der Waals surface area contributed by atoms with Crippen LogP contribution in [0.3, 0.4) is 0 Å². The van der Waals surface area contributed by atoms with Gasteiger partial charge in [0, 0.05) is 10.5 Å². The van der Waals surface area contributed by atoms with E-state index in [0.717, 1.165) is 10.0 Å². The highest BCUT2D eigenvalue weighted by Gasteiger charge is 2.11. The maximum Gasteiger partial charge on any atom is 0.161 e. The Balaban J connectivity index is 3.23. The van der Waals surface area contributed by atoms with E-state index in [0.29, 0.717) is 11.5 Å². The van der Waals surface area contributed by atoms with E-state index in [1.807, 2.05) is 19.1 Å². The van der Waals surface area contributed by atoms with Gasteiger partial charge in [0.2, 0.25) is 0 Å². The van der Waals surface area contributed by atoms with Gasteiger partial charge in [0.15, 0.2) is 11.5 Å². The van der Waals surface area contributed by atoms with E-state index in [2.05, 4.69) is 15.9 Å². The number of nitrogens with two attached hydrogens (primary N) is 1. The Morgan fingerprint density at radius 3 is 2.14 bits per heavy atom. The number of benzene rings is 1. The summed E-state index contributed by atoms with van der Waals surface area (Å²) in [5, 5.41) is 0. The quantitative estimate of drug-likeness (QED) is 0.908. The molecule has 0 radical (unpaired) electrons. The molecule has 0 fully saturated rings. The molecule has 3 nitrogen and oxygen atoms in total. The fourth-order valence-electron chi connectivity index (χ4n) is 1.22. The van der Waals surface area contributed by atoms with Crippen molar-refractivity contribution in [2.24, 2.45) is 5.73 Å². The van der Waals surface area contributed by atoms with Crippen LogP contribution in [-0.4, -0.2) is 14.2 Å². The third-order valence-corrected chi connectivity index (χ3v) is 2.68. The topological polar surface area (TPSA) is 44.5 Å². The summed E-state index contributed by atoms with van der Waals surface area (Å²) >= 11 is 3.44. The first-order chi connectivity index (χ1) is 6.60. The third-order valence-electron chi connectivity index (χ3n) is 1.99. The highest BCUT2D eigenvalue weighted by Crippen LogP contribution is 2.35. The Morgan fingerprint density at radius 2 is 1.71 bits per heavy atom. The van der Waals surface area contributed by atoms with Crippen LogP contribution in [0, 0.1) is 0 Å². The number of hydrogen-bond acceptors (Lipinski definition) is 3. The molecule has 0 aliphatic carbocycles. The second-order valence-corrected chi connectivity index (χ2v) is 3.87. The summed E-state index contributed by atoms with van der Waals surface area (Å²) in [6.45, 7) is 1.92. The molecule has 2 N–H and O–H groups in total. The molecular weight excluding hydrogens is 246 g/mol. The SMILES string of the molecule is COc1cc(Br)c(C(C)N)cc1OC. The fourth-order valence-corrected chi connectivity index (χ4v) is 1.90. The molecule has 1 atom stereocenters. The van der Waals surface area contributed by atoms with Crippen LogP contribution in [-0.2, 0) is 0 Å². The van der Waals surface area contributed by atoms with Crippen molar-refractivity contribution in [1.82, 2.24) is 0 Å². The van der Waals surface area contributed by atoms with Gasteiger partial charge in [0.1, 0.15) is 0 Å². The van der Waals surface area contributed by atoms with Crippen LogP contribution in [0.15, 0.2) is 16.6 Å². The van der Waals surface area contributed by atoms with Crippen molar-refractivity contribution in [3.63, 3.8) is 0 Å². The molecule has 14 heavy (non-hydrogen) atoms. The molecule has 0 saturated heterocycles.